The van der Waals surface area contributed by atoms with Gasteiger partial charge in [-0.1, -0.05) is 12.8 Å². The number of likely N-dealkylation sites (tertiary alicyclic amines) is 1. The second-order valence-corrected chi connectivity index (χ2v) is 6.08. The average Bonchev–Trinajstić information content (AvgIpc) is 2.63. The van der Waals surface area contributed by atoms with Gasteiger partial charge in [0, 0.05) is 37.1 Å². The van der Waals surface area contributed by atoms with E-state index in [0.29, 0.717) is 5.96 Å². The Morgan fingerprint density at radius 2 is 2.11 bits per heavy atom. The first-order valence-corrected chi connectivity index (χ1v) is 7.53. The molecule has 2 N–H and O–H groups in total. The zero-order valence-corrected chi connectivity index (χ0v) is 11.9. The van der Waals surface area contributed by atoms with Gasteiger partial charge in [-0.2, -0.15) is 0 Å². The Kier molecular flexibility index (Phi) is 4.99. The topological polar surface area (TPSA) is 54.5 Å². The van der Waals surface area contributed by atoms with E-state index in [2.05, 4.69) is 21.8 Å². The Labute approximate surface area is 113 Å². The molecule has 0 saturated carbocycles. The molecule has 100 valence electrons. The van der Waals surface area contributed by atoms with E-state index in [4.69, 9.17) is 5.73 Å². The van der Waals surface area contributed by atoms with Crippen LogP contribution in [0.2, 0.25) is 0 Å². The van der Waals surface area contributed by atoms with Crippen LogP contribution in [0.1, 0.15) is 35.6 Å². The minimum absolute atomic E-state index is 0.713. The quantitative estimate of drug-likeness (QED) is 0.674. The van der Waals surface area contributed by atoms with Gasteiger partial charge in [0.1, 0.15) is 0 Å². The lowest BCUT2D eigenvalue weighted by Gasteiger charge is -2.20. The van der Waals surface area contributed by atoms with Gasteiger partial charge in [0.25, 0.3) is 0 Å². The second kappa shape index (κ2) is 6.73. The number of guanidine groups is 1. The molecule has 1 aliphatic heterocycles. The summed E-state index contributed by atoms with van der Waals surface area (Å²) in [5.41, 5.74) is 6.05. The summed E-state index contributed by atoms with van der Waals surface area (Å²) in [6, 6.07) is 0. The molecule has 1 aliphatic rings. The minimum Gasteiger partial charge on any atom is -0.370 e. The third kappa shape index (κ3) is 3.98. The van der Waals surface area contributed by atoms with Crippen LogP contribution in [0, 0.1) is 6.92 Å². The number of aryl methyl sites for hydroxylation is 1. The number of aliphatic imine (C=N–C) groups is 1. The zero-order valence-electron chi connectivity index (χ0n) is 11.1. The van der Waals surface area contributed by atoms with Crippen LogP contribution in [0.4, 0.5) is 0 Å². The largest absolute Gasteiger partial charge is 0.370 e. The van der Waals surface area contributed by atoms with Crippen LogP contribution in [-0.2, 0) is 6.42 Å². The van der Waals surface area contributed by atoms with Crippen molar-refractivity contribution in [2.45, 2.75) is 39.0 Å². The molecule has 1 aromatic rings. The van der Waals surface area contributed by atoms with Crippen molar-refractivity contribution in [1.29, 1.82) is 0 Å². The van der Waals surface area contributed by atoms with Gasteiger partial charge in [-0.3, -0.25) is 4.99 Å². The van der Waals surface area contributed by atoms with E-state index in [9.17, 15) is 0 Å². The highest BCUT2D eigenvalue weighted by Gasteiger charge is 2.10. The van der Waals surface area contributed by atoms with Crippen LogP contribution in [0.25, 0.3) is 0 Å². The first-order chi connectivity index (χ1) is 8.75. The van der Waals surface area contributed by atoms with Gasteiger partial charge in [-0.15, -0.1) is 11.3 Å². The standard InChI is InChI=1S/C13H22N4S/c1-11-10-16-12(18-11)6-7-15-13(14)17-8-4-2-3-5-9-17/h10H,2-9H2,1H3,(H2,14,15). The first-order valence-electron chi connectivity index (χ1n) is 6.72. The van der Waals surface area contributed by atoms with Crippen molar-refractivity contribution in [1.82, 2.24) is 9.88 Å². The summed E-state index contributed by atoms with van der Waals surface area (Å²) in [5, 5.41) is 1.15. The van der Waals surface area contributed by atoms with E-state index in [0.717, 1.165) is 31.1 Å². The van der Waals surface area contributed by atoms with Gasteiger partial charge in [0.05, 0.1) is 5.01 Å². The molecule has 0 bridgehead atoms. The highest BCUT2D eigenvalue weighted by molar-refractivity contribution is 7.11. The van der Waals surface area contributed by atoms with Gasteiger partial charge >= 0.3 is 0 Å². The molecule has 0 aliphatic carbocycles. The molecule has 1 fully saturated rings. The maximum absolute atomic E-state index is 6.05. The molecular weight excluding hydrogens is 244 g/mol. The van der Waals surface area contributed by atoms with Crippen molar-refractivity contribution in [3.8, 4) is 0 Å². The van der Waals surface area contributed by atoms with E-state index in [1.807, 2.05) is 6.20 Å². The van der Waals surface area contributed by atoms with Crippen LogP contribution in [0.5, 0.6) is 0 Å². The Morgan fingerprint density at radius 3 is 2.72 bits per heavy atom. The molecule has 5 heteroatoms. The Hall–Kier alpha value is -1.10. The molecule has 0 aromatic carbocycles. The van der Waals surface area contributed by atoms with E-state index in [1.165, 1.54) is 30.6 Å². The number of nitrogens with zero attached hydrogens (tertiary/aromatic N) is 3. The summed E-state index contributed by atoms with van der Waals surface area (Å²) in [6.07, 6.45) is 7.93. The highest BCUT2D eigenvalue weighted by Crippen LogP contribution is 2.12. The maximum atomic E-state index is 6.05. The van der Waals surface area contributed by atoms with Crippen LogP contribution >= 0.6 is 11.3 Å². The monoisotopic (exact) mass is 266 g/mol. The zero-order chi connectivity index (χ0) is 12.8. The predicted molar refractivity (Wildman–Crippen MR) is 77.1 cm³/mol. The molecule has 18 heavy (non-hydrogen) atoms. The van der Waals surface area contributed by atoms with Crippen molar-refractivity contribution in [2.75, 3.05) is 19.6 Å². The molecule has 1 saturated heterocycles. The van der Waals surface area contributed by atoms with Crippen molar-refractivity contribution in [2.24, 2.45) is 10.7 Å². The number of rotatable bonds is 3. The summed E-state index contributed by atoms with van der Waals surface area (Å²) < 4.78 is 0. The third-order valence-electron chi connectivity index (χ3n) is 3.20. The Morgan fingerprint density at radius 1 is 1.39 bits per heavy atom. The molecule has 0 spiro atoms. The van der Waals surface area contributed by atoms with E-state index in [1.54, 1.807) is 11.3 Å². The van der Waals surface area contributed by atoms with Crippen LogP contribution < -0.4 is 5.73 Å². The van der Waals surface area contributed by atoms with Gasteiger partial charge in [0.15, 0.2) is 5.96 Å². The van der Waals surface area contributed by atoms with E-state index < -0.39 is 0 Å². The SMILES string of the molecule is Cc1cnc(CCN=C(N)N2CCCCCC2)s1. The number of thiazole rings is 1. The van der Waals surface area contributed by atoms with Crippen molar-refractivity contribution in [3.05, 3.63) is 16.1 Å². The van der Waals surface area contributed by atoms with E-state index in [-0.39, 0.29) is 0 Å². The minimum atomic E-state index is 0.713. The number of hydrogen-bond donors (Lipinski definition) is 1. The van der Waals surface area contributed by atoms with Crippen molar-refractivity contribution < 1.29 is 0 Å². The van der Waals surface area contributed by atoms with Crippen LogP contribution in [0.3, 0.4) is 0 Å². The molecule has 4 nitrogen and oxygen atoms in total. The predicted octanol–water partition coefficient (Wildman–Crippen LogP) is 2.18. The lowest BCUT2D eigenvalue weighted by atomic mass is 10.2. The molecule has 1 aromatic heterocycles. The maximum Gasteiger partial charge on any atom is 0.191 e. The molecule has 0 unspecified atom stereocenters. The number of hydrogen-bond acceptors (Lipinski definition) is 3. The molecule has 0 atom stereocenters. The molecule has 0 radical (unpaired) electrons. The van der Waals surface area contributed by atoms with Crippen LogP contribution in [0.15, 0.2) is 11.2 Å². The fraction of sp³-hybridized carbons (Fsp3) is 0.692. The highest BCUT2D eigenvalue weighted by atomic mass is 32.1. The Bertz CT molecular complexity index is 391. The summed E-state index contributed by atoms with van der Waals surface area (Å²) in [4.78, 5) is 12.3. The second-order valence-electron chi connectivity index (χ2n) is 4.76. The lowest BCUT2D eigenvalue weighted by Crippen LogP contribution is -2.38. The van der Waals surface area contributed by atoms with Gasteiger partial charge < -0.3 is 10.6 Å². The summed E-state index contributed by atoms with van der Waals surface area (Å²) in [6.45, 7) is 4.95. The van der Waals surface area contributed by atoms with Crippen molar-refractivity contribution >= 4 is 17.3 Å². The molecule has 2 rings (SSSR count). The number of aromatic nitrogens is 1. The van der Waals surface area contributed by atoms with Gasteiger partial charge in [-0.05, 0) is 19.8 Å². The molecule has 2 heterocycles. The summed E-state index contributed by atoms with van der Waals surface area (Å²) >= 11 is 1.74. The summed E-state index contributed by atoms with van der Waals surface area (Å²) in [5.74, 6) is 0.713. The Balaban J connectivity index is 1.80. The number of nitrogens with two attached hydrogens (primary N) is 1. The lowest BCUT2D eigenvalue weighted by molar-refractivity contribution is 0.428. The third-order valence-corrected chi connectivity index (χ3v) is 4.17. The van der Waals surface area contributed by atoms with Crippen molar-refractivity contribution in [3.63, 3.8) is 0 Å². The average molecular weight is 266 g/mol. The fourth-order valence-corrected chi connectivity index (χ4v) is 2.96. The smallest absolute Gasteiger partial charge is 0.191 e. The summed E-state index contributed by atoms with van der Waals surface area (Å²) in [7, 11) is 0. The fourth-order valence-electron chi connectivity index (χ4n) is 2.18. The molecular formula is C13H22N4S. The van der Waals surface area contributed by atoms with Crippen LogP contribution in [-0.4, -0.2) is 35.5 Å². The van der Waals surface area contributed by atoms with Gasteiger partial charge in [0.2, 0.25) is 0 Å². The normalized spacial score (nSPS) is 17.8. The van der Waals surface area contributed by atoms with Gasteiger partial charge in [-0.25, -0.2) is 4.98 Å². The first kappa shape index (κ1) is 13.3. The van der Waals surface area contributed by atoms with E-state index >= 15 is 0 Å². The molecule has 0 amide bonds.